The summed E-state index contributed by atoms with van der Waals surface area (Å²) in [5.41, 5.74) is -0.358. The number of ether oxygens (including phenoxy) is 2. The van der Waals surface area contributed by atoms with Gasteiger partial charge in [-0.1, -0.05) is 30.9 Å². The molecule has 2 aliphatic rings. The van der Waals surface area contributed by atoms with Crippen LogP contribution in [0.4, 0.5) is 13.2 Å². The molecule has 0 radical (unpaired) electrons. The SMILES string of the molecule is CCC(I)O/C(=C1/SC(=S)NC1=O)c1cc(OC2CCCC2)c(C#N)c(-c2cc(C(F)(F)F)ccn2)c1. The van der Waals surface area contributed by atoms with E-state index in [0.717, 1.165) is 55.8 Å². The van der Waals surface area contributed by atoms with Crippen LogP contribution in [0.2, 0.25) is 0 Å². The molecule has 0 bridgehead atoms. The third-order valence-electron chi connectivity index (χ3n) is 5.82. The molecule has 12 heteroatoms. The van der Waals surface area contributed by atoms with E-state index in [4.69, 9.17) is 21.7 Å². The second-order valence-electron chi connectivity index (χ2n) is 8.40. The molecule has 1 aromatic carbocycles. The number of aromatic nitrogens is 1. The van der Waals surface area contributed by atoms with Gasteiger partial charge in [-0.3, -0.25) is 9.78 Å². The molecule has 2 fully saturated rings. The number of nitriles is 1. The first-order valence-corrected chi connectivity index (χ1v) is 13.9. The predicted octanol–water partition coefficient (Wildman–Crippen LogP) is 6.96. The molecule has 1 amide bonds. The van der Waals surface area contributed by atoms with Gasteiger partial charge >= 0.3 is 6.18 Å². The first-order valence-electron chi connectivity index (χ1n) is 11.5. The van der Waals surface area contributed by atoms with Crippen molar-refractivity contribution >= 4 is 62.6 Å². The molecule has 1 aromatic heterocycles. The van der Waals surface area contributed by atoms with Crippen molar-refractivity contribution in [2.75, 3.05) is 0 Å². The monoisotopic (exact) mass is 659 g/mol. The molecule has 1 saturated heterocycles. The number of nitrogens with zero attached hydrogens (tertiary/aromatic N) is 2. The molecule has 6 nitrogen and oxygen atoms in total. The molecule has 2 heterocycles. The highest BCUT2D eigenvalue weighted by molar-refractivity contribution is 14.1. The van der Waals surface area contributed by atoms with Crippen molar-refractivity contribution < 1.29 is 27.4 Å². The molecule has 1 unspecified atom stereocenters. The number of amides is 1. The lowest BCUT2D eigenvalue weighted by molar-refractivity contribution is -0.137. The Hall–Kier alpha value is -2.37. The number of pyridine rings is 1. The van der Waals surface area contributed by atoms with Crippen LogP contribution in [-0.2, 0) is 15.7 Å². The number of carbonyl (C=O) groups is 1. The third-order valence-corrected chi connectivity index (χ3v) is 8.17. The standard InChI is InChI=1S/C25H21F3IN3O3S2/c1-2-20(29)35-21(22-23(33)32-24(36)37-22)13-9-16(18-11-14(7-8-31-18)25(26,27)28)17(12-30)19(10-13)34-15-5-3-4-6-15/h7-11,15,20H,2-6H2,1H3,(H,32,33,36)/b22-21+. The number of rotatable bonds is 7. The van der Waals surface area contributed by atoms with Crippen molar-refractivity contribution in [1.29, 1.82) is 5.26 Å². The molecular weight excluding hydrogens is 638 g/mol. The Bertz CT molecular complexity index is 1300. The average Bonchev–Trinajstić information content (AvgIpc) is 3.50. The van der Waals surface area contributed by atoms with Crippen molar-refractivity contribution in [1.82, 2.24) is 10.3 Å². The number of thiocarbonyl (C=S) groups is 1. The van der Waals surface area contributed by atoms with Crippen LogP contribution in [0.3, 0.4) is 0 Å². The number of alkyl halides is 4. The van der Waals surface area contributed by atoms with Gasteiger partial charge in [-0.15, -0.1) is 0 Å². The van der Waals surface area contributed by atoms with Crippen LogP contribution in [-0.4, -0.2) is 25.4 Å². The smallest absolute Gasteiger partial charge is 0.416 e. The summed E-state index contributed by atoms with van der Waals surface area (Å²) in [6.07, 6.45) is 0.511. The average molecular weight is 659 g/mol. The molecule has 1 N–H and O–H groups in total. The molecular formula is C25H21F3IN3O3S2. The lowest BCUT2D eigenvalue weighted by Crippen LogP contribution is -2.19. The number of thioether (sulfide) groups is 1. The Morgan fingerprint density at radius 1 is 1.35 bits per heavy atom. The molecule has 0 spiro atoms. The van der Waals surface area contributed by atoms with Gasteiger partial charge in [-0.25, -0.2) is 0 Å². The van der Waals surface area contributed by atoms with Gasteiger partial charge in [0.2, 0.25) is 0 Å². The Kier molecular flexibility index (Phi) is 8.65. The molecule has 1 atom stereocenters. The zero-order chi connectivity index (χ0) is 26.7. The van der Waals surface area contributed by atoms with Crippen molar-refractivity contribution in [3.63, 3.8) is 0 Å². The third kappa shape index (κ3) is 6.38. The van der Waals surface area contributed by atoms with Gasteiger partial charge in [0, 0.05) is 17.3 Å². The van der Waals surface area contributed by atoms with E-state index in [1.807, 2.05) is 6.92 Å². The lowest BCUT2D eigenvalue weighted by Gasteiger charge is -2.21. The van der Waals surface area contributed by atoms with Crippen LogP contribution in [0.1, 0.15) is 55.7 Å². The number of carbonyl (C=O) groups excluding carboxylic acids is 1. The van der Waals surface area contributed by atoms with Crippen molar-refractivity contribution in [3.05, 3.63) is 52.1 Å². The van der Waals surface area contributed by atoms with Gasteiger partial charge in [0.25, 0.3) is 5.91 Å². The van der Waals surface area contributed by atoms with Gasteiger partial charge in [0.1, 0.15) is 36.5 Å². The van der Waals surface area contributed by atoms with E-state index in [0.29, 0.717) is 12.0 Å². The summed E-state index contributed by atoms with van der Waals surface area (Å²) in [6, 6.07) is 6.97. The minimum absolute atomic E-state index is 0.0468. The minimum atomic E-state index is -4.59. The summed E-state index contributed by atoms with van der Waals surface area (Å²) in [4.78, 5) is 17.0. The molecule has 2 aromatic rings. The molecule has 4 rings (SSSR count). The second-order valence-corrected chi connectivity index (χ2v) is 11.5. The molecule has 37 heavy (non-hydrogen) atoms. The summed E-state index contributed by atoms with van der Waals surface area (Å²) in [5, 5.41) is 12.6. The van der Waals surface area contributed by atoms with E-state index < -0.39 is 17.6 Å². The first-order chi connectivity index (χ1) is 17.6. The molecule has 194 valence electrons. The Labute approximate surface area is 235 Å². The maximum atomic E-state index is 13.5. The Balaban J connectivity index is 1.95. The van der Waals surface area contributed by atoms with Crippen molar-refractivity contribution in [2.45, 2.75) is 55.4 Å². The quantitative estimate of drug-likeness (QED) is 0.113. The highest BCUT2D eigenvalue weighted by atomic mass is 127. The van der Waals surface area contributed by atoms with Gasteiger partial charge in [-0.05, 0) is 79.0 Å². The maximum Gasteiger partial charge on any atom is 0.416 e. The summed E-state index contributed by atoms with van der Waals surface area (Å²) >= 11 is 8.28. The van der Waals surface area contributed by atoms with Crippen LogP contribution >= 0.6 is 46.6 Å². The molecule has 1 aliphatic heterocycles. The highest BCUT2D eigenvalue weighted by Gasteiger charge is 2.33. The summed E-state index contributed by atoms with van der Waals surface area (Å²) in [5.74, 6) is -0.0287. The number of halogens is 4. The normalized spacial score (nSPS) is 18.4. The highest BCUT2D eigenvalue weighted by Crippen LogP contribution is 2.41. The first kappa shape index (κ1) is 27.7. The van der Waals surface area contributed by atoms with Gasteiger partial charge < -0.3 is 14.8 Å². The van der Waals surface area contributed by atoms with E-state index >= 15 is 0 Å². The van der Waals surface area contributed by atoms with E-state index in [2.05, 4.69) is 39.0 Å². The fourth-order valence-electron chi connectivity index (χ4n) is 4.02. The largest absolute Gasteiger partial charge is 0.489 e. The zero-order valence-corrected chi connectivity index (χ0v) is 23.3. The summed E-state index contributed by atoms with van der Waals surface area (Å²) < 4.78 is 52.8. The van der Waals surface area contributed by atoms with Gasteiger partial charge in [-0.2, -0.15) is 18.4 Å². The minimum Gasteiger partial charge on any atom is -0.489 e. The summed E-state index contributed by atoms with van der Waals surface area (Å²) in [6.45, 7) is 1.91. The fraction of sp³-hybridized carbons (Fsp3) is 0.360. The topological polar surface area (TPSA) is 84.2 Å². The van der Waals surface area contributed by atoms with Crippen molar-refractivity contribution in [3.8, 4) is 23.1 Å². The van der Waals surface area contributed by atoms with Crippen LogP contribution in [0.15, 0.2) is 35.4 Å². The van der Waals surface area contributed by atoms with Crippen LogP contribution in [0, 0.1) is 11.3 Å². The molecule has 1 aliphatic carbocycles. The number of hydrogen-bond donors (Lipinski definition) is 1. The number of benzene rings is 1. The van der Waals surface area contributed by atoms with Crippen LogP contribution < -0.4 is 10.1 Å². The maximum absolute atomic E-state index is 13.5. The van der Waals surface area contributed by atoms with E-state index in [-0.39, 0.29) is 47.8 Å². The predicted molar refractivity (Wildman–Crippen MR) is 147 cm³/mol. The Morgan fingerprint density at radius 3 is 2.68 bits per heavy atom. The van der Waals surface area contributed by atoms with Crippen LogP contribution in [0.25, 0.3) is 17.0 Å². The van der Waals surface area contributed by atoms with Crippen LogP contribution in [0.5, 0.6) is 5.75 Å². The lowest BCUT2D eigenvalue weighted by atomic mass is 9.98. The van der Waals surface area contributed by atoms with Gasteiger partial charge in [0.05, 0.1) is 17.4 Å². The summed E-state index contributed by atoms with van der Waals surface area (Å²) in [7, 11) is 0. The number of hydrogen-bond acceptors (Lipinski definition) is 7. The Morgan fingerprint density at radius 2 is 2.08 bits per heavy atom. The second kappa shape index (κ2) is 11.6. The van der Waals surface area contributed by atoms with E-state index in [1.54, 1.807) is 6.07 Å². The van der Waals surface area contributed by atoms with Gasteiger partial charge in [0.15, 0.2) is 0 Å². The van der Waals surface area contributed by atoms with E-state index in [9.17, 15) is 23.2 Å². The van der Waals surface area contributed by atoms with Crippen molar-refractivity contribution in [2.24, 2.45) is 0 Å². The zero-order valence-electron chi connectivity index (χ0n) is 19.5. The number of nitrogens with one attached hydrogen (secondary N) is 1. The van der Waals surface area contributed by atoms with E-state index in [1.165, 1.54) is 6.07 Å². The fourth-order valence-corrected chi connectivity index (χ4v) is 5.35. The molecule has 1 saturated carbocycles.